The lowest BCUT2D eigenvalue weighted by molar-refractivity contribution is -0.385. The summed E-state index contributed by atoms with van der Waals surface area (Å²) in [6.07, 6.45) is 0. The third kappa shape index (κ3) is 3.76. The number of nitrogens with one attached hydrogen (secondary N) is 1. The molecule has 1 N–H and O–H groups in total. The molecule has 0 amide bonds. The average Bonchev–Trinajstić information content (AvgIpc) is 2.28. The van der Waals surface area contributed by atoms with Crippen LogP contribution in [0.2, 0.25) is 0 Å². The summed E-state index contributed by atoms with van der Waals surface area (Å²) in [6.45, 7) is 1.85. The summed E-state index contributed by atoms with van der Waals surface area (Å²) in [4.78, 5) is 9.79. The highest BCUT2D eigenvalue weighted by molar-refractivity contribution is 7.89. The van der Waals surface area contributed by atoms with Crippen LogP contribution >= 0.6 is 0 Å². The molecule has 0 aliphatic carbocycles. The fraction of sp³-hybridized carbons (Fsp3) is 0.400. The Morgan fingerprint density at radius 3 is 2.72 bits per heavy atom. The van der Waals surface area contributed by atoms with Gasteiger partial charge in [0.25, 0.3) is 5.69 Å². The van der Waals surface area contributed by atoms with E-state index < -0.39 is 21.0 Å². The van der Waals surface area contributed by atoms with E-state index in [0.717, 1.165) is 6.07 Å². The lowest BCUT2D eigenvalue weighted by atomic mass is 10.3. The zero-order valence-corrected chi connectivity index (χ0v) is 10.8. The molecule has 0 radical (unpaired) electrons. The molecule has 0 aliphatic rings. The van der Waals surface area contributed by atoms with Crippen LogP contribution in [0.1, 0.15) is 6.92 Å². The third-order valence-corrected chi connectivity index (χ3v) is 3.70. The van der Waals surface area contributed by atoms with Crippen LogP contribution in [-0.2, 0) is 14.8 Å². The first kappa shape index (κ1) is 14.6. The molecule has 100 valence electrons. The number of nitro benzene ring substituents is 1. The predicted molar refractivity (Wildman–Crippen MR) is 64.8 cm³/mol. The van der Waals surface area contributed by atoms with Crippen molar-refractivity contribution in [2.24, 2.45) is 0 Å². The largest absolute Gasteiger partial charge is 0.383 e. The predicted octanol–water partition coefficient (Wildman–Crippen LogP) is 0.908. The summed E-state index contributed by atoms with van der Waals surface area (Å²) >= 11 is 0. The van der Waals surface area contributed by atoms with Crippen LogP contribution in [0.25, 0.3) is 0 Å². The Kier molecular flexibility index (Phi) is 4.76. The van der Waals surface area contributed by atoms with Crippen molar-refractivity contribution >= 4 is 15.7 Å². The van der Waals surface area contributed by atoms with Crippen LogP contribution < -0.4 is 4.72 Å². The molecule has 18 heavy (non-hydrogen) atoms. The Morgan fingerprint density at radius 2 is 2.17 bits per heavy atom. The molecule has 0 fully saturated rings. The molecule has 0 aliphatic heterocycles. The van der Waals surface area contributed by atoms with Gasteiger partial charge >= 0.3 is 0 Å². The van der Waals surface area contributed by atoms with Crippen molar-refractivity contribution in [1.29, 1.82) is 0 Å². The van der Waals surface area contributed by atoms with Crippen LogP contribution in [0.4, 0.5) is 5.69 Å². The number of sulfonamides is 1. The second-order valence-corrected chi connectivity index (χ2v) is 5.45. The van der Waals surface area contributed by atoms with Gasteiger partial charge in [0.2, 0.25) is 10.0 Å². The van der Waals surface area contributed by atoms with E-state index in [4.69, 9.17) is 4.74 Å². The van der Waals surface area contributed by atoms with E-state index in [1.54, 1.807) is 6.92 Å². The van der Waals surface area contributed by atoms with Gasteiger partial charge in [-0.1, -0.05) is 6.07 Å². The van der Waals surface area contributed by atoms with Gasteiger partial charge in [-0.3, -0.25) is 10.1 Å². The smallest absolute Gasteiger partial charge is 0.270 e. The molecule has 1 aromatic carbocycles. The van der Waals surface area contributed by atoms with Crippen LogP contribution in [-0.4, -0.2) is 33.1 Å². The summed E-state index contributed by atoms with van der Waals surface area (Å²) in [5.74, 6) is 0. The molecule has 7 nitrogen and oxygen atoms in total. The molecule has 0 unspecified atom stereocenters. The first-order chi connectivity index (χ1) is 8.36. The van der Waals surface area contributed by atoms with E-state index in [2.05, 4.69) is 4.72 Å². The lowest BCUT2D eigenvalue weighted by Crippen LogP contribution is -2.35. The number of nitro groups is 1. The topological polar surface area (TPSA) is 98.5 Å². The van der Waals surface area contributed by atoms with E-state index in [0.29, 0.717) is 0 Å². The van der Waals surface area contributed by atoms with Crippen molar-refractivity contribution in [3.8, 4) is 0 Å². The Balaban J connectivity index is 2.98. The van der Waals surface area contributed by atoms with Gasteiger partial charge in [-0.15, -0.1) is 0 Å². The van der Waals surface area contributed by atoms with E-state index in [-0.39, 0.29) is 17.2 Å². The van der Waals surface area contributed by atoms with Crippen molar-refractivity contribution in [2.45, 2.75) is 17.9 Å². The summed E-state index contributed by atoms with van der Waals surface area (Å²) in [5, 5.41) is 10.6. The fourth-order valence-electron chi connectivity index (χ4n) is 1.38. The Hall–Kier alpha value is -1.51. The molecule has 0 spiro atoms. The fourth-order valence-corrected chi connectivity index (χ4v) is 2.65. The van der Waals surface area contributed by atoms with Crippen molar-refractivity contribution in [3.05, 3.63) is 34.4 Å². The van der Waals surface area contributed by atoms with Gasteiger partial charge in [-0.2, -0.15) is 0 Å². The zero-order valence-electron chi connectivity index (χ0n) is 9.99. The Labute approximate surface area is 105 Å². The van der Waals surface area contributed by atoms with Crippen LogP contribution in [0, 0.1) is 10.1 Å². The van der Waals surface area contributed by atoms with E-state index >= 15 is 0 Å². The maximum atomic E-state index is 11.9. The van der Waals surface area contributed by atoms with Gasteiger partial charge < -0.3 is 4.74 Å². The number of ether oxygens (including phenoxy) is 1. The zero-order chi connectivity index (χ0) is 13.8. The molecule has 0 aromatic heterocycles. The SMILES string of the molecule is COC[C@H](C)NS(=O)(=O)c1cccc([N+](=O)[O-])c1. The highest BCUT2D eigenvalue weighted by Crippen LogP contribution is 2.17. The molecule has 0 bridgehead atoms. The standard InChI is InChI=1S/C10H14N2O5S/c1-8(7-17-2)11-18(15,16)10-5-3-4-9(6-10)12(13)14/h3-6,8,11H,7H2,1-2H3/t8-/m0/s1. The highest BCUT2D eigenvalue weighted by Gasteiger charge is 2.19. The molecular weight excluding hydrogens is 260 g/mol. The molecule has 0 saturated carbocycles. The third-order valence-electron chi connectivity index (χ3n) is 2.11. The van der Waals surface area contributed by atoms with Gasteiger partial charge in [0, 0.05) is 25.3 Å². The summed E-state index contributed by atoms with van der Waals surface area (Å²) in [7, 11) is -2.32. The van der Waals surface area contributed by atoms with Crippen molar-refractivity contribution in [1.82, 2.24) is 4.72 Å². The second-order valence-electron chi connectivity index (χ2n) is 3.73. The minimum absolute atomic E-state index is 0.139. The lowest BCUT2D eigenvalue weighted by Gasteiger charge is -2.12. The first-order valence-electron chi connectivity index (χ1n) is 5.12. The molecule has 1 atom stereocenters. The number of benzene rings is 1. The van der Waals surface area contributed by atoms with E-state index in [1.807, 2.05) is 0 Å². The van der Waals surface area contributed by atoms with Crippen molar-refractivity contribution < 1.29 is 18.1 Å². The normalized spacial score (nSPS) is 13.2. The van der Waals surface area contributed by atoms with Gasteiger partial charge in [-0.05, 0) is 13.0 Å². The van der Waals surface area contributed by atoms with E-state index in [9.17, 15) is 18.5 Å². The van der Waals surface area contributed by atoms with Gasteiger partial charge in [-0.25, -0.2) is 13.1 Å². The number of rotatable bonds is 6. The second kappa shape index (κ2) is 5.89. The molecule has 0 saturated heterocycles. The van der Waals surface area contributed by atoms with Crippen molar-refractivity contribution in [3.63, 3.8) is 0 Å². The Bertz CT molecular complexity index is 529. The van der Waals surface area contributed by atoms with Crippen LogP contribution in [0.3, 0.4) is 0 Å². The molecule has 1 aromatic rings. The van der Waals surface area contributed by atoms with Gasteiger partial charge in [0.1, 0.15) is 0 Å². The highest BCUT2D eigenvalue weighted by atomic mass is 32.2. The summed E-state index contributed by atoms with van der Waals surface area (Å²) < 4.78 is 31.0. The minimum atomic E-state index is -3.77. The number of methoxy groups -OCH3 is 1. The number of non-ortho nitro benzene ring substituents is 1. The average molecular weight is 274 g/mol. The molecular formula is C10H14N2O5S. The van der Waals surface area contributed by atoms with Crippen molar-refractivity contribution in [2.75, 3.05) is 13.7 Å². The number of hydrogen-bond donors (Lipinski definition) is 1. The van der Waals surface area contributed by atoms with E-state index in [1.165, 1.54) is 25.3 Å². The summed E-state index contributed by atoms with van der Waals surface area (Å²) in [6, 6.07) is 4.46. The number of hydrogen-bond acceptors (Lipinski definition) is 5. The van der Waals surface area contributed by atoms with Crippen LogP contribution in [0.5, 0.6) is 0 Å². The summed E-state index contributed by atoms with van der Waals surface area (Å²) in [5.41, 5.74) is -0.266. The van der Waals surface area contributed by atoms with Crippen LogP contribution in [0.15, 0.2) is 29.2 Å². The molecule has 0 heterocycles. The maximum Gasteiger partial charge on any atom is 0.270 e. The monoisotopic (exact) mass is 274 g/mol. The maximum absolute atomic E-state index is 11.9. The molecule has 1 rings (SSSR count). The van der Waals surface area contributed by atoms with Gasteiger partial charge in [0.05, 0.1) is 16.4 Å². The number of nitrogens with zero attached hydrogens (tertiary/aromatic N) is 1. The Morgan fingerprint density at radius 1 is 1.50 bits per heavy atom. The quantitative estimate of drug-likeness (QED) is 0.614. The minimum Gasteiger partial charge on any atom is -0.383 e. The molecule has 8 heteroatoms. The van der Waals surface area contributed by atoms with Gasteiger partial charge in [0.15, 0.2) is 0 Å². The first-order valence-corrected chi connectivity index (χ1v) is 6.61.